The first-order valence-corrected chi connectivity index (χ1v) is 14.8. The van der Waals surface area contributed by atoms with Crippen LogP contribution in [-0.2, 0) is 0 Å². The van der Waals surface area contributed by atoms with E-state index in [1.807, 2.05) is 36.4 Å². The minimum atomic E-state index is 0.629. The van der Waals surface area contributed by atoms with Crippen LogP contribution in [0.5, 0.6) is 0 Å². The number of fused-ring (bicyclic) bond motifs is 6. The highest BCUT2D eigenvalue weighted by atomic mass is 16.3. The summed E-state index contributed by atoms with van der Waals surface area (Å²) in [5, 5.41) is 4.54. The molecule has 0 bridgehead atoms. The molecule has 0 aliphatic heterocycles. The van der Waals surface area contributed by atoms with Crippen molar-refractivity contribution in [1.82, 2.24) is 14.5 Å². The number of hydrogen-bond acceptors (Lipinski definition) is 3. The van der Waals surface area contributed by atoms with Crippen molar-refractivity contribution >= 4 is 43.7 Å². The highest BCUT2D eigenvalue weighted by Gasteiger charge is 2.18. The molecule has 4 heteroatoms. The topological polar surface area (TPSA) is 43.9 Å². The number of hydrogen-bond donors (Lipinski definition) is 0. The Labute approximate surface area is 253 Å². The molecule has 0 radical (unpaired) electrons. The van der Waals surface area contributed by atoms with E-state index in [2.05, 4.69) is 120 Å². The third-order valence-corrected chi connectivity index (χ3v) is 8.44. The molecule has 0 aliphatic carbocycles. The van der Waals surface area contributed by atoms with E-state index in [0.29, 0.717) is 5.95 Å². The molecule has 0 saturated carbocycles. The van der Waals surface area contributed by atoms with Gasteiger partial charge in [-0.05, 0) is 53.6 Å². The molecule has 44 heavy (non-hydrogen) atoms. The van der Waals surface area contributed by atoms with Gasteiger partial charge in [-0.2, -0.15) is 0 Å². The molecule has 0 saturated heterocycles. The van der Waals surface area contributed by atoms with Crippen LogP contribution in [0.25, 0.3) is 83.3 Å². The van der Waals surface area contributed by atoms with Gasteiger partial charge in [-0.1, -0.05) is 109 Å². The summed E-state index contributed by atoms with van der Waals surface area (Å²) >= 11 is 0. The second kappa shape index (κ2) is 9.79. The van der Waals surface area contributed by atoms with E-state index in [0.717, 1.165) is 55.5 Å². The van der Waals surface area contributed by atoms with Gasteiger partial charge >= 0.3 is 0 Å². The SMILES string of the molecule is c1ccc(-c2ccc3c(c2)c2ccccc2n3-c2nc(-c3ccccc3)cc(-c3ccc4c(c3)oc3ccccc34)n2)cc1. The summed E-state index contributed by atoms with van der Waals surface area (Å²) in [7, 11) is 0. The van der Waals surface area contributed by atoms with Crippen molar-refractivity contribution in [3.63, 3.8) is 0 Å². The number of aromatic nitrogens is 3. The van der Waals surface area contributed by atoms with Crippen LogP contribution in [0.4, 0.5) is 0 Å². The Morgan fingerprint density at radius 1 is 0.386 bits per heavy atom. The summed E-state index contributed by atoms with van der Waals surface area (Å²) in [6.45, 7) is 0. The summed E-state index contributed by atoms with van der Waals surface area (Å²) in [4.78, 5) is 10.4. The molecule has 0 amide bonds. The lowest BCUT2D eigenvalue weighted by Gasteiger charge is -2.12. The summed E-state index contributed by atoms with van der Waals surface area (Å²) in [5.74, 6) is 0.629. The van der Waals surface area contributed by atoms with Crippen molar-refractivity contribution in [1.29, 1.82) is 0 Å². The third-order valence-electron chi connectivity index (χ3n) is 8.44. The van der Waals surface area contributed by atoms with Crippen molar-refractivity contribution < 1.29 is 4.42 Å². The van der Waals surface area contributed by atoms with Crippen molar-refractivity contribution in [2.45, 2.75) is 0 Å². The van der Waals surface area contributed by atoms with Gasteiger partial charge in [0, 0.05) is 32.7 Å². The maximum Gasteiger partial charge on any atom is 0.235 e. The molecule has 0 atom stereocenters. The highest BCUT2D eigenvalue weighted by Crippen LogP contribution is 2.36. The van der Waals surface area contributed by atoms with Gasteiger partial charge in [-0.3, -0.25) is 4.57 Å². The number of nitrogens with zero attached hydrogens (tertiary/aromatic N) is 3. The van der Waals surface area contributed by atoms with Gasteiger partial charge in [0.25, 0.3) is 0 Å². The van der Waals surface area contributed by atoms with Gasteiger partial charge < -0.3 is 4.42 Å². The molecule has 0 N–H and O–H groups in total. The standard InChI is InChI=1S/C40H25N3O/c1-3-11-26(12-4-1)28-20-22-37-33(23-28)30-15-7-9-17-36(30)43(37)40-41-34(27-13-5-2-6-14-27)25-35(42-40)29-19-21-32-31-16-8-10-18-38(31)44-39(32)24-29/h1-25H. The quantitative estimate of drug-likeness (QED) is 0.214. The van der Waals surface area contributed by atoms with E-state index in [1.54, 1.807) is 0 Å². The zero-order valence-corrected chi connectivity index (χ0v) is 23.7. The molecule has 3 aromatic heterocycles. The van der Waals surface area contributed by atoms with E-state index < -0.39 is 0 Å². The fourth-order valence-corrected chi connectivity index (χ4v) is 6.32. The molecule has 6 aromatic carbocycles. The number of para-hydroxylation sites is 2. The molecule has 9 aromatic rings. The Bertz CT molecular complexity index is 2490. The minimum Gasteiger partial charge on any atom is -0.456 e. The molecule has 0 unspecified atom stereocenters. The zero-order valence-electron chi connectivity index (χ0n) is 23.7. The Morgan fingerprint density at radius 2 is 1.00 bits per heavy atom. The van der Waals surface area contributed by atoms with E-state index in [-0.39, 0.29) is 0 Å². The van der Waals surface area contributed by atoms with Crippen LogP contribution < -0.4 is 0 Å². The Balaban J connectivity index is 1.29. The van der Waals surface area contributed by atoms with Crippen molar-refractivity contribution in [2.24, 2.45) is 0 Å². The van der Waals surface area contributed by atoms with Crippen LogP contribution >= 0.6 is 0 Å². The first-order valence-electron chi connectivity index (χ1n) is 14.8. The van der Waals surface area contributed by atoms with E-state index >= 15 is 0 Å². The smallest absolute Gasteiger partial charge is 0.235 e. The molecule has 0 spiro atoms. The van der Waals surface area contributed by atoms with E-state index in [9.17, 15) is 0 Å². The Kier molecular flexibility index (Phi) is 5.47. The normalized spacial score (nSPS) is 11.6. The average Bonchev–Trinajstić information content (AvgIpc) is 3.64. The fourth-order valence-electron chi connectivity index (χ4n) is 6.32. The molecular weight excluding hydrogens is 538 g/mol. The second-order valence-corrected chi connectivity index (χ2v) is 11.1. The van der Waals surface area contributed by atoms with Crippen molar-refractivity contribution in [2.75, 3.05) is 0 Å². The summed E-state index contributed by atoms with van der Waals surface area (Å²) in [6, 6.07) is 52.6. The predicted octanol–water partition coefficient (Wildman–Crippen LogP) is 10.5. The largest absolute Gasteiger partial charge is 0.456 e. The van der Waals surface area contributed by atoms with Crippen LogP contribution in [-0.4, -0.2) is 14.5 Å². The van der Waals surface area contributed by atoms with Crippen LogP contribution in [0.15, 0.2) is 156 Å². The maximum absolute atomic E-state index is 6.25. The average molecular weight is 564 g/mol. The first kappa shape index (κ1) is 24.6. The molecule has 206 valence electrons. The van der Waals surface area contributed by atoms with E-state index in [1.165, 1.54) is 21.9 Å². The Morgan fingerprint density at radius 3 is 1.82 bits per heavy atom. The molecule has 0 fully saturated rings. The second-order valence-electron chi connectivity index (χ2n) is 11.1. The molecule has 0 aliphatic rings. The lowest BCUT2D eigenvalue weighted by atomic mass is 10.0. The van der Waals surface area contributed by atoms with Gasteiger partial charge in [0.1, 0.15) is 11.2 Å². The van der Waals surface area contributed by atoms with Gasteiger partial charge in [0.05, 0.1) is 22.4 Å². The zero-order chi connectivity index (χ0) is 29.0. The van der Waals surface area contributed by atoms with E-state index in [4.69, 9.17) is 14.4 Å². The van der Waals surface area contributed by atoms with Crippen LogP contribution in [0.2, 0.25) is 0 Å². The summed E-state index contributed by atoms with van der Waals surface area (Å²) in [5.41, 5.74) is 9.94. The van der Waals surface area contributed by atoms with Crippen LogP contribution in [0.1, 0.15) is 0 Å². The maximum atomic E-state index is 6.25. The van der Waals surface area contributed by atoms with Gasteiger partial charge in [-0.25, -0.2) is 9.97 Å². The van der Waals surface area contributed by atoms with Gasteiger partial charge in [0.2, 0.25) is 5.95 Å². The number of benzene rings is 6. The monoisotopic (exact) mass is 563 g/mol. The van der Waals surface area contributed by atoms with Gasteiger partial charge in [-0.15, -0.1) is 0 Å². The molecule has 4 nitrogen and oxygen atoms in total. The number of rotatable bonds is 4. The summed E-state index contributed by atoms with van der Waals surface area (Å²) < 4.78 is 8.44. The molecule has 9 rings (SSSR count). The highest BCUT2D eigenvalue weighted by molar-refractivity contribution is 6.10. The summed E-state index contributed by atoms with van der Waals surface area (Å²) in [6.07, 6.45) is 0. The number of furan rings is 1. The molecule has 3 heterocycles. The van der Waals surface area contributed by atoms with Gasteiger partial charge in [0.15, 0.2) is 0 Å². The fraction of sp³-hybridized carbons (Fsp3) is 0. The van der Waals surface area contributed by atoms with Crippen molar-refractivity contribution in [3.8, 4) is 39.6 Å². The third kappa shape index (κ3) is 3.92. The van der Waals surface area contributed by atoms with Crippen LogP contribution in [0, 0.1) is 0 Å². The molecular formula is C40H25N3O. The minimum absolute atomic E-state index is 0.629. The van der Waals surface area contributed by atoms with Crippen molar-refractivity contribution in [3.05, 3.63) is 152 Å². The lowest BCUT2D eigenvalue weighted by molar-refractivity contribution is 0.669. The predicted molar refractivity (Wildman–Crippen MR) is 180 cm³/mol. The van der Waals surface area contributed by atoms with Crippen LogP contribution in [0.3, 0.4) is 0 Å². The lowest BCUT2D eigenvalue weighted by Crippen LogP contribution is -2.04. The Hall–Kier alpha value is -6.00. The first-order chi connectivity index (χ1) is 21.8.